The molecule has 0 radical (unpaired) electrons. The lowest BCUT2D eigenvalue weighted by Crippen LogP contribution is -2.15. The lowest BCUT2D eigenvalue weighted by atomic mass is 10.5. The molecule has 0 fully saturated rings. The minimum absolute atomic E-state index is 0.333. The summed E-state index contributed by atoms with van der Waals surface area (Å²) in [7, 11) is 3.72. The molecule has 70 valence electrons. The summed E-state index contributed by atoms with van der Waals surface area (Å²) in [6.07, 6.45) is 1.18. The van der Waals surface area contributed by atoms with Gasteiger partial charge >= 0.3 is 0 Å². The molecular formula is C8H9FN2S2. The summed E-state index contributed by atoms with van der Waals surface area (Å²) in [5, 5.41) is 0.708. The molecule has 0 aliphatic carbocycles. The van der Waals surface area contributed by atoms with Gasteiger partial charge in [-0.1, -0.05) is 12.2 Å². The Balaban J connectivity index is 2.65. The highest BCUT2D eigenvalue weighted by atomic mass is 32.2. The maximum atomic E-state index is 12.5. The van der Waals surface area contributed by atoms with Crippen LogP contribution in [0, 0.1) is 5.82 Å². The van der Waals surface area contributed by atoms with Gasteiger partial charge in [0.05, 0.1) is 6.20 Å². The summed E-state index contributed by atoms with van der Waals surface area (Å²) in [6, 6.07) is 2.98. The van der Waals surface area contributed by atoms with E-state index in [0.29, 0.717) is 9.35 Å². The van der Waals surface area contributed by atoms with Gasteiger partial charge in [-0.3, -0.25) is 0 Å². The summed E-state index contributed by atoms with van der Waals surface area (Å²) >= 11 is 6.39. The molecule has 1 heterocycles. The molecule has 0 unspecified atom stereocenters. The first-order valence-electron chi connectivity index (χ1n) is 3.60. The van der Waals surface area contributed by atoms with Crippen molar-refractivity contribution in [3.05, 3.63) is 24.1 Å². The number of aromatic nitrogens is 1. The molecule has 0 aromatic carbocycles. The Labute approximate surface area is 86.2 Å². The Morgan fingerprint density at radius 2 is 2.23 bits per heavy atom. The summed E-state index contributed by atoms with van der Waals surface area (Å²) in [5.74, 6) is -0.333. The smallest absolute Gasteiger partial charge is 0.142 e. The number of thiocarbonyl (C=S) groups is 1. The Morgan fingerprint density at radius 3 is 2.69 bits per heavy atom. The average Bonchev–Trinajstić information content (AvgIpc) is 2.08. The minimum Gasteiger partial charge on any atom is -0.363 e. The molecule has 0 atom stereocenters. The van der Waals surface area contributed by atoms with E-state index in [0.717, 1.165) is 0 Å². The number of thioether (sulfide) groups is 1. The molecule has 1 aromatic heterocycles. The van der Waals surface area contributed by atoms with Crippen molar-refractivity contribution in [1.29, 1.82) is 0 Å². The predicted molar refractivity (Wildman–Crippen MR) is 56.3 cm³/mol. The third-order valence-electron chi connectivity index (χ3n) is 1.26. The second kappa shape index (κ2) is 4.53. The van der Waals surface area contributed by atoms with Crippen LogP contribution in [0.25, 0.3) is 0 Å². The Hall–Kier alpha value is -0.680. The first-order valence-corrected chi connectivity index (χ1v) is 4.83. The van der Waals surface area contributed by atoms with Crippen molar-refractivity contribution in [3.63, 3.8) is 0 Å². The van der Waals surface area contributed by atoms with Crippen LogP contribution in [0.3, 0.4) is 0 Å². The fourth-order valence-electron chi connectivity index (χ4n) is 0.603. The predicted octanol–water partition coefficient (Wildman–Crippen LogP) is 2.16. The van der Waals surface area contributed by atoms with Gasteiger partial charge in [0.1, 0.15) is 15.2 Å². The van der Waals surface area contributed by atoms with Gasteiger partial charge in [-0.25, -0.2) is 9.37 Å². The van der Waals surface area contributed by atoms with Gasteiger partial charge in [0.25, 0.3) is 0 Å². The van der Waals surface area contributed by atoms with E-state index in [-0.39, 0.29) is 5.82 Å². The maximum Gasteiger partial charge on any atom is 0.142 e. The summed E-state index contributed by atoms with van der Waals surface area (Å²) in [6.45, 7) is 0. The SMILES string of the molecule is CN(C)C(=S)Sc1ccc(F)cn1. The minimum atomic E-state index is -0.333. The monoisotopic (exact) mass is 216 g/mol. The molecule has 1 aromatic rings. The van der Waals surface area contributed by atoms with Gasteiger partial charge in [0.15, 0.2) is 0 Å². The third kappa shape index (κ3) is 3.28. The van der Waals surface area contributed by atoms with Gasteiger partial charge in [-0.05, 0) is 23.9 Å². The van der Waals surface area contributed by atoms with Crippen LogP contribution in [0.2, 0.25) is 0 Å². The van der Waals surface area contributed by atoms with E-state index in [1.54, 1.807) is 6.07 Å². The van der Waals surface area contributed by atoms with Crippen molar-refractivity contribution in [2.24, 2.45) is 0 Å². The fourth-order valence-corrected chi connectivity index (χ4v) is 1.46. The van der Waals surface area contributed by atoms with E-state index >= 15 is 0 Å². The number of rotatable bonds is 1. The van der Waals surface area contributed by atoms with Crippen molar-refractivity contribution >= 4 is 28.3 Å². The van der Waals surface area contributed by atoms with E-state index in [9.17, 15) is 4.39 Å². The highest BCUT2D eigenvalue weighted by Gasteiger charge is 2.03. The summed E-state index contributed by atoms with van der Waals surface area (Å²) in [5.41, 5.74) is 0. The lowest BCUT2D eigenvalue weighted by molar-refractivity contribution is 0.618. The second-order valence-electron chi connectivity index (χ2n) is 2.58. The van der Waals surface area contributed by atoms with E-state index < -0.39 is 0 Å². The van der Waals surface area contributed by atoms with Crippen LogP contribution in [0.4, 0.5) is 4.39 Å². The zero-order valence-electron chi connectivity index (χ0n) is 7.32. The maximum absolute atomic E-state index is 12.5. The summed E-state index contributed by atoms with van der Waals surface area (Å²) < 4.78 is 13.2. The zero-order valence-corrected chi connectivity index (χ0v) is 8.95. The normalized spacial score (nSPS) is 9.77. The van der Waals surface area contributed by atoms with Crippen LogP contribution in [-0.2, 0) is 0 Å². The van der Waals surface area contributed by atoms with Gasteiger partial charge in [-0.15, -0.1) is 0 Å². The van der Waals surface area contributed by atoms with E-state index in [4.69, 9.17) is 12.2 Å². The number of nitrogens with zero attached hydrogens (tertiary/aromatic N) is 2. The van der Waals surface area contributed by atoms with E-state index in [2.05, 4.69) is 4.98 Å². The first-order chi connectivity index (χ1) is 6.09. The molecule has 0 saturated heterocycles. The van der Waals surface area contributed by atoms with Gasteiger partial charge in [-0.2, -0.15) is 0 Å². The average molecular weight is 216 g/mol. The number of halogens is 1. The number of hydrogen-bond donors (Lipinski definition) is 0. The zero-order chi connectivity index (χ0) is 9.84. The number of pyridine rings is 1. The highest BCUT2D eigenvalue weighted by Crippen LogP contribution is 2.17. The molecule has 0 aliphatic heterocycles. The molecule has 5 heteroatoms. The van der Waals surface area contributed by atoms with Crippen molar-refractivity contribution < 1.29 is 4.39 Å². The van der Waals surface area contributed by atoms with Gasteiger partial charge in [0.2, 0.25) is 0 Å². The quantitative estimate of drug-likeness (QED) is 0.528. The van der Waals surface area contributed by atoms with Gasteiger partial charge in [0, 0.05) is 14.1 Å². The van der Waals surface area contributed by atoms with Crippen LogP contribution in [0.1, 0.15) is 0 Å². The number of hydrogen-bond acceptors (Lipinski definition) is 3. The van der Waals surface area contributed by atoms with Crippen LogP contribution >= 0.6 is 24.0 Å². The largest absolute Gasteiger partial charge is 0.363 e. The molecule has 13 heavy (non-hydrogen) atoms. The molecule has 0 saturated carbocycles. The van der Waals surface area contributed by atoms with Crippen molar-refractivity contribution in [2.75, 3.05) is 14.1 Å². The molecule has 0 amide bonds. The van der Waals surface area contributed by atoms with Gasteiger partial charge < -0.3 is 4.90 Å². The topological polar surface area (TPSA) is 16.1 Å². The molecule has 0 spiro atoms. The first kappa shape index (κ1) is 10.4. The highest BCUT2D eigenvalue weighted by molar-refractivity contribution is 8.22. The molecule has 0 bridgehead atoms. The molecule has 2 nitrogen and oxygen atoms in total. The van der Waals surface area contributed by atoms with Crippen LogP contribution in [0.15, 0.2) is 23.4 Å². The molecule has 1 rings (SSSR count). The van der Waals surface area contributed by atoms with Crippen molar-refractivity contribution in [1.82, 2.24) is 9.88 Å². The van der Waals surface area contributed by atoms with Crippen LogP contribution in [0.5, 0.6) is 0 Å². The van der Waals surface area contributed by atoms with Crippen molar-refractivity contribution in [3.8, 4) is 0 Å². The Bertz CT molecular complexity index is 298. The van der Waals surface area contributed by atoms with E-state index in [1.807, 2.05) is 19.0 Å². The molecule has 0 aliphatic rings. The van der Waals surface area contributed by atoms with Crippen molar-refractivity contribution in [2.45, 2.75) is 5.03 Å². The second-order valence-corrected chi connectivity index (χ2v) is 4.23. The van der Waals surface area contributed by atoms with Crippen LogP contribution in [-0.4, -0.2) is 28.3 Å². The Morgan fingerprint density at radius 1 is 1.54 bits per heavy atom. The summed E-state index contributed by atoms with van der Waals surface area (Å²) in [4.78, 5) is 5.68. The third-order valence-corrected chi connectivity index (χ3v) is 2.86. The molecule has 0 N–H and O–H groups in total. The van der Waals surface area contributed by atoms with Crippen LogP contribution < -0.4 is 0 Å². The standard InChI is InChI=1S/C8H9FN2S2/c1-11(2)8(12)13-7-4-3-6(9)5-10-7/h3-5H,1-2H3. The lowest BCUT2D eigenvalue weighted by Gasteiger charge is -2.11. The van der Waals surface area contributed by atoms with E-state index in [1.165, 1.54) is 24.0 Å². The fraction of sp³-hybridized carbons (Fsp3) is 0.250. The molecular weight excluding hydrogens is 207 g/mol. The Kier molecular flexibility index (Phi) is 3.62.